The van der Waals surface area contributed by atoms with E-state index < -0.39 is 30.4 Å². The number of benzene rings is 2. The second-order valence-electron chi connectivity index (χ2n) is 6.31. The maximum Gasteiger partial charge on any atom is 0.328 e. The van der Waals surface area contributed by atoms with E-state index in [9.17, 15) is 19.2 Å². The molecule has 0 radical (unpaired) electrons. The molecule has 9 heteroatoms. The summed E-state index contributed by atoms with van der Waals surface area (Å²) in [6.07, 6.45) is 0. The van der Waals surface area contributed by atoms with Gasteiger partial charge in [0.2, 0.25) is 5.91 Å². The molecule has 2 aromatic rings. The molecule has 2 rings (SSSR count). The number of amides is 3. The van der Waals surface area contributed by atoms with E-state index in [0.717, 1.165) is 0 Å². The van der Waals surface area contributed by atoms with Crippen LogP contribution in [0.4, 0.5) is 11.4 Å². The lowest BCUT2D eigenvalue weighted by Gasteiger charge is -2.14. The molecule has 0 aromatic heterocycles. The lowest BCUT2D eigenvalue weighted by atomic mass is 10.2. The minimum Gasteiger partial charge on any atom is -0.484 e. The summed E-state index contributed by atoms with van der Waals surface area (Å²) in [5, 5.41) is 7.61. The highest BCUT2D eigenvalue weighted by atomic mass is 16.5. The highest BCUT2D eigenvalue weighted by Crippen LogP contribution is 2.13. The van der Waals surface area contributed by atoms with Gasteiger partial charge in [0.25, 0.3) is 11.8 Å². The normalized spacial score (nSPS) is 11.0. The van der Waals surface area contributed by atoms with Gasteiger partial charge in [-0.1, -0.05) is 18.2 Å². The van der Waals surface area contributed by atoms with Crippen molar-refractivity contribution in [2.24, 2.45) is 0 Å². The highest BCUT2D eigenvalue weighted by molar-refractivity contribution is 5.94. The molecule has 0 saturated carbocycles. The summed E-state index contributed by atoms with van der Waals surface area (Å²) in [5.74, 6) is -1.45. The van der Waals surface area contributed by atoms with Crippen LogP contribution in [0.2, 0.25) is 0 Å². The van der Waals surface area contributed by atoms with E-state index in [1.54, 1.807) is 48.5 Å². The molecule has 0 saturated heterocycles. The van der Waals surface area contributed by atoms with Crippen LogP contribution >= 0.6 is 0 Å². The van der Waals surface area contributed by atoms with Gasteiger partial charge in [0.05, 0.1) is 0 Å². The largest absolute Gasteiger partial charge is 0.484 e. The van der Waals surface area contributed by atoms with Gasteiger partial charge in [0.15, 0.2) is 13.2 Å². The first-order chi connectivity index (χ1) is 14.3. The first kappa shape index (κ1) is 22.4. The van der Waals surface area contributed by atoms with Gasteiger partial charge in [0.1, 0.15) is 11.8 Å². The number of hydrogen-bond donors (Lipinski definition) is 3. The van der Waals surface area contributed by atoms with E-state index in [4.69, 9.17) is 9.47 Å². The number of anilines is 2. The Labute approximate surface area is 173 Å². The summed E-state index contributed by atoms with van der Waals surface area (Å²) in [5.41, 5.74) is 1.07. The Morgan fingerprint density at radius 2 is 1.43 bits per heavy atom. The fourth-order valence-electron chi connectivity index (χ4n) is 2.31. The van der Waals surface area contributed by atoms with Crippen molar-refractivity contribution < 1.29 is 28.7 Å². The molecule has 3 amide bonds. The van der Waals surface area contributed by atoms with Crippen LogP contribution in [0.5, 0.6) is 5.75 Å². The SMILES string of the molecule is CC(=O)Nc1ccc(NC(=O)COC(=O)[C@H](C)NC(=O)COc2ccccc2)cc1. The smallest absolute Gasteiger partial charge is 0.328 e. The van der Waals surface area contributed by atoms with Crippen molar-refractivity contribution in [3.05, 3.63) is 54.6 Å². The number of hydrogen-bond acceptors (Lipinski definition) is 6. The molecule has 0 aliphatic carbocycles. The van der Waals surface area contributed by atoms with Crippen LogP contribution in [-0.4, -0.2) is 42.9 Å². The number of rotatable bonds is 9. The third-order valence-electron chi connectivity index (χ3n) is 3.68. The second kappa shape index (κ2) is 11.2. The Hall–Kier alpha value is -3.88. The van der Waals surface area contributed by atoms with Crippen LogP contribution in [-0.2, 0) is 23.9 Å². The monoisotopic (exact) mass is 413 g/mol. The zero-order chi connectivity index (χ0) is 21.9. The number of carbonyl (C=O) groups excluding carboxylic acids is 4. The predicted octanol–water partition coefficient (Wildman–Crippen LogP) is 1.71. The molecule has 9 nitrogen and oxygen atoms in total. The van der Waals surface area contributed by atoms with Gasteiger partial charge in [0, 0.05) is 18.3 Å². The Morgan fingerprint density at radius 1 is 0.833 bits per heavy atom. The van der Waals surface area contributed by atoms with E-state index in [0.29, 0.717) is 17.1 Å². The first-order valence-electron chi connectivity index (χ1n) is 9.15. The summed E-state index contributed by atoms with van der Waals surface area (Å²) >= 11 is 0. The molecule has 1 atom stereocenters. The minimum atomic E-state index is -0.943. The molecule has 0 heterocycles. The molecule has 3 N–H and O–H groups in total. The molecule has 2 aromatic carbocycles. The molecule has 0 unspecified atom stereocenters. The Morgan fingerprint density at radius 3 is 2.03 bits per heavy atom. The average molecular weight is 413 g/mol. The van der Waals surface area contributed by atoms with Crippen molar-refractivity contribution in [1.29, 1.82) is 0 Å². The number of para-hydroxylation sites is 1. The summed E-state index contributed by atoms with van der Waals surface area (Å²) in [4.78, 5) is 46.7. The van der Waals surface area contributed by atoms with E-state index in [2.05, 4.69) is 16.0 Å². The molecular weight excluding hydrogens is 390 g/mol. The maximum atomic E-state index is 12.0. The van der Waals surface area contributed by atoms with Crippen molar-refractivity contribution in [2.45, 2.75) is 19.9 Å². The predicted molar refractivity (Wildman–Crippen MR) is 110 cm³/mol. The van der Waals surface area contributed by atoms with Crippen LogP contribution in [0.25, 0.3) is 0 Å². The summed E-state index contributed by atoms with van der Waals surface area (Å²) in [6.45, 7) is 2.08. The Bertz CT molecular complexity index is 883. The number of carbonyl (C=O) groups is 4. The van der Waals surface area contributed by atoms with Crippen molar-refractivity contribution in [2.75, 3.05) is 23.8 Å². The minimum absolute atomic E-state index is 0.202. The molecule has 0 bridgehead atoms. The fourth-order valence-corrected chi connectivity index (χ4v) is 2.31. The van der Waals surface area contributed by atoms with E-state index in [-0.39, 0.29) is 12.5 Å². The first-order valence-corrected chi connectivity index (χ1v) is 9.15. The van der Waals surface area contributed by atoms with Gasteiger partial charge in [-0.3, -0.25) is 14.4 Å². The highest BCUT2D eigenvalue weighted by Gasteiger charge is 2.18. The van der Waals surface area contributed by atoms with Crippen molar-refractivity contribution in [3.8, 4) is 5.75 Å². The van der Waals surface area contributed by atoms with Gasteiger partial charge in [-0.2, -0.15) is 0 Å². The molecule has 0 aliphatic heterocycles. The van der Waals surface area contributed by atoms with Crippen LogP contribution < -0.4 is 20.7 Å². The quantitative estimate of drug-likeness (QED) is 0.538. The van der Waals surface area contributed by atoms with Crippen LogP contribution in [0.1, 0.15) is 13.8 Å². The zero-order valence-electron chi connectivity index (χ0n) is 16.6. The maximum absolute atomic E-state index is 12.0. The van der Waals surface area contributed by atoms with E-state index in [1.165, 1.54) is 13.8 Å². The lowest BCUT2D eigenvalue weighted by molar-refractivity contribution is -0.150. The summed E-state index contributed by atoms with van der Waals surface area (Å²) in [6, 6.07) is 14.3. The number of ether oxygens (including phenoxy) is 2. The Kier molecular flexibility index (Phi) is 8.37. The van der Waals surface area contributed by atoms with Crippen LogP contribution in [0.15, 0.2) is 54.6 Å². The van der Waals surface area contributed by atoms with Crippen LogP contribution in [0.3, 0.4) is 0 Å². The average Bonchev–Trinajstić information content (AvgIpc) is 2.72. The van der Waals surface area contributed by atoms with Crippen molar-refractivity contribution in [1.82, 2.24) is 5.32 Å². The third-order valence-corrected chi connectivity index (χ3v) is 3.68. The number of nitrogens with one attached hydrogen (secondary N) is 3. The lowest BCUT2D eigenvalue weighted by Crippen LogP contribution is -2.42. The van der Waals surface area contributed by atoms with Gasteiger partial charge in [-0.05, 0) is 43.3 Å². The zero-order valence-corrected chi connectivity index (χ0v) is 16.6. The van der Waals surface area contributed by atoms with E-state index in [1.807, 2.05) is 6.07 Å². The van der Waals surface area contributed by atoms with Crippen molar-refractivity contribution in [3.63, 3.8) is 0 Å². The summed E-state index contributed by atoms with van der Waals surface area (Å²) in [7, 11) is 0. The Balaban J connectivity index is 1.70. The third kappa shape index (κ3) is 8.01. The van der Waals surface area contributed by atoms with E-state index >= 15 is 0 Å². The van der Waals surface area contributed by atoms with Gasteiger partial charge in [-0.25, -0.2) is 4.79 Å². The molecular formula is C21H23N3O6. The van der Waals surface area contributed by atoms with Gasteiger partial charge in [-0.15, -0.1) is 0 Å². The van der Waals surface area contributed by atoms with Crippen LogP contribution in [0, 0.1) is 0 Å². The van der Waals surface area contributed by atoms with Crippen molar-refractivity contribution >= 4 is 35.1 Å². The molecule has 0 fully saturated rings. The number of esters is 1. The topological polar surface area (TPSA) is 123 Å². The molecule has 30 heavy (non-hydrogen) atoms. The van der Waals surface area contributed by atoms with Gasteiger partial charge >= 0.3 is 5.97 Å². The molecule has 158 valence electrons. The second-order valence-corrected chi connectivity index (χ2v) is 6.31. The summed E-state index contributed by atoms with van der Waals surface area (Å²) < 4.78 is 10.2. The van der Waals surface area contributed by atoms with Gasteiger partial charge < -0.3 is 25.4 Å². The fraction of sp³-hybridized carbons (Fsp3) is 0.238. The molecule has 0 aliphatic rings. The standard InChI is InChI=1S/C21H23N3O6/c1-14(22-19(26)12-29-18-6-4-3-5-7-18)21(28)30-13-20(27)24-17-10-8-16(9-11-17)23-15(2)25/h3-11,14H,12-13H2,1-2H3,(H,22,26)(H,23,25)(H,24,27)/t14-/m0/s1. The molecule has 0 spiro atoms.